The van der Waals surface area contributed by atoms with Gasteiger partial charge in [0.1, 0.15) is 12.4 Å². The van der Waals surface area contributed by atoms with Crippen molar-refractivity contribution in [1.29, 1.82) is 0 Å². The van der Waals surface area contributed by atoms with Crippen LogP contribution in [0.5, 0.6) is 5.75 Å². The number of ether oxygens (including phenoxy) is 1. The minimum absolute atomic E-state index is 0.0117. The number of rotatable bonds is 8. The minimum Gasteiger partial charge on any atom is -0.492 e. The van der Waals surface area contributed by atoms with Gasteiger partial charge in [0.05, 0.1) is 12.6 Å². The molecule has 0 saturated carbocycles. The summed E-state index contributed by atoms with van der Waals surface area (Å²) in [6, 6.07) is 19.7. The molecule has 0 aliphatic carbocycles. The third-order valence-electron chi connectivity index (χ3n) is 3.58. The van der Waals surface area contributed by atoms with Crippen LogP contribution in [0.3, 0.4) is 0 Å². The predicted molar refractivity (Wildman–Crippen MR) is 92.4 cm³/mol. The van der Waals surface area contributed by atoms with Crippen LogP contribution in [0.4, 0.5) is 0 Å². The lowest BCUT2D eigenvalue weighted by atomic mass is 10.1. The maximum atomic E-state index is 12.1. The molecule has 1 atom stereocenters. The Bertz CT molecular complexity index is 587. The summed E-state index contributed by atoms with van der Waals surface area (Å²) in [6.45, 7) is 3.60. The second-order valence-corrected chi connectivity index (χ2v) is 5.60. The molecule has 4 nitrogen and oxygen atoms in total. The second kappa shape index (κ2) is 8.96. The molecule has 2 aromatic rings. The zero-order valence-corrected chi connectivity index (χ0v) is 13.7. The summed E-state index contributed by atoms with van der Waals surface area (Å²) >= 11 is 0. The average molecular weight is 312 g/mol. The number of benzene rings is 2. The normalized spacial score (nSPS) is 12.0. The van der Waals surface area contributed by atoms with E-state index < -0.39 is 0 Å². The van der Waals surface area contributed by atoms with Gasteiger partial charge in [-0.25, -0.2) is 0 Å². The lowest BCUT2D eigenvalue weighted by Gasteiger charge is -2.19. The van der Waals surface area contributed by atoms with E-state index in [0.29, 0.717) is 19.7 Å². The van der Waals surface area contributed by atoms with E-state index in [9.17, 15) is 4.79 Å². The Balaban J connectivity index is 1.68. The molecule has 0 saturated heterocycles. The molecule has 1 unspecified atom stereocenters. The average Bonchev–Trinajstić information content (AvgIpc) is 2.56. The van der Waals surface area contributed by atoms with Gasteiger partial charge in [-0.1, -0.05) is 48.5 Å². The van der Waals surface area contributed by atoms with Crippen LogP contribution in [0, 0.1) is 0 Å². The van der Waals surface area contributed by atoms with Crippen molar-refractivity contribution in [1.82, 2.24) is 10.2 Å². The van der Waals surface area contributed by atoms with E-state index in [-0.39, 0.29) is 11.9 Å². The van der Waals surface area contributed by atoms with Crippen LogP contribution >= 0.6 is 0 Å². The van der Waals surface area contributed by atoms with Crippen molar-refractivity contribution in [3.63, 3.8) is 0 Å². The van der Waals surface area contributed by atoms with Gasteiger partial charge in [-0.3, -0.25) is 9.69 Å². The van der Waals surface area contributed by atoms with Gasteiger partial charge in [-0.2, -0.15) is 0 Å². The first-order valence-electron chi connectivity index (χ1n) is 7.86. The maximum absolute atomic E-state index is 12.1. The van der Waals surface area contributed by atoms with Crippen LogP contribution in [-0.2, 0) is 4.79 Å². The Morgan fingerprint density at radius 1 is 1.09 bits per heavy atom. The summed E-state index contributed by atoms with van der Waals surface area (Å²) < 4.78 is 5.64. The number of hydrogen-bond donors (Lipinski definition) is 1. The van der Waals surface area contributed by atoms with Crippen LogP contribution in [0.25, 0.3) is 0 Å². The van der Waals surface area contributed by atoms with E-state index in [1.165, 1.54) is 0 Å². The third-order valence-corrected chi connectivity index (χ3v) is 3.58. The van der Waals surface area contributed by atoms with Gasteiger partial charge >= 0.3 is 0 Å². The molecular weight excluding hydrogens is 288 g/mol. The predicted octanol–water partition coefficient (Wildman–Crippen LogP) is 2.87. The highest BCUT2D eigenvalue weighted by Gasteiger charge is 2.11. The van der Waals surface area contributed by atoms with Crippen LogP contribution in [0.15, 0.2) is 60.7 Å². The Hall–Kier alpha value is -2.33. The molecule has 0 heterocycles. The number of likely N-dealkylation sites (N-methyl/N-ethyl adjacent to an activating group) is 1. The second-order valence-electron chi connectivity index (χ2n) is 5.60. The van der Waals surface area contributed by atoms with Gasteiger partial charge in [-0.05, 0) is 31.7 Å². The van der Waals surface area contributed by atoms with Crippen molar-refractivity contribution in [3.8, 4) is 5.75 Å². The lowest BCUT2D eigenvalue weighted by molar-refractivity contribution is -0.122. The highest BCUT2D eigenvalue weighted by Crippen LogP contribution is 2.11. The highest BCUT2D eigenvalue weighted by atomic mass is 16.5. The molecule has 0 fully saturated rings. The van der Waals surface area contributed by atoms with E-state index in [2.05, 4.69) is 5.32 Å². The van der Waals surface area contributed by atoms with E-state index in [1.54, 1.807) is 0 Å². The molecule has 2 aromatic carbocycles. The third kappa shape index (κ3) is 6.12. The van der Waals surface area contributed by atoms with Crippen LogP contribution in [0.1, 0.15) is 18.5 Å². The summed E-state index contributed by atoms with van der Waals surface area (Å²) in [5.74, 6) is 0.867. The number of nitrogens with zero attached hydrogens (tertiary/aromatic N) is 1. The van der Waals surface area contributed by atoms with Crippen LogP contribution in [0.2, 0.25) is 0 Å². The molecule has 122 valence electrons. The Kier molecular flexibility index (Phi) is 6.63. The molecule has 0 spiro atoms. The quantitative estimate of drug-likeness (QED) is 0.815. The summed E-state index contributed by atoms with van der Waals surface area (Å²) in [4.78, 5) is 14.0. The standard InChI is InChI=1S/C19H24N2O2/c1-16(17-9-5-3-6-10-17)20-19(22)15-21(2)13-14-23-18-11-7-4-8-12-18/h3-12,16H,13-15H2,1-2H3,(H,20,22). The van der Waals surface area contributed by atoms with Gasteiger partial charge in [0.2, 0.25) is 5.91 Å². The fraction of sp³-hybridized carbons (Fsp3) is 0.316. The minimum atomic E-state index is 0.0117. The van der Waals surface area contributed by atoms with Crippen molar-refractivity contribution < 1.29 is 9.53 Å². The zero-order valence-electron chi connectivity index (χ0n) is 13.7. The molecule has 23 heavy (non-hydrogen) atoms. The van der Waals surface area contributed by atoms with Gasteiger partial charge in [0, 0.05) is 6.54 Å². The van der Waals surface area contributed by atoms with Crippen molar-refractivity contribution in [2.24, 2.45) is 0 Å². The Morgan fingerprint density at radius 3 is 2.35 bits per heavy atom. The number of para-hydroxylation sites is 1. The summed E-state index contributed by atoms with van der Waals surface area (Å²) in [7, 11) is 1.92. The van der Waals surface area contributed by atoms with Gasteiger partial charge in [-0.15, -0.1) is 0 Å². The van der Waals surface area contributed by atoms with E-state index in [0.717, 1.165) is 11.3 Å². The first-order chi connectivity index (χ1) is 11.1. The lowest BCUT2D eigenvalue weighted by Crippen LogP contribution is -2.38. The molecule has 0 aromatic heterocycles. The molecule has 0 radical (unpaired) electrons. The molecular formula is C19H24N2O2. The largest absolute Gasteiger partial charge is 0.492 e. The maximum Gasteiger partial charge on any atom is 0.234 e. The Morgan fingerprint density at radius 2 is 1.70 bits per heavy atom. The number of amides is 1. The monoisotopic (exact) mass is 312 g/mol. The van der Waals surface area contributed by atoms with Crippen molar-refractivity contribution in [2.75, 3.05) is 26.7 Å². The fourth-order valence-corrected chi connectivity index (χ4v) is 2.27. The smallest absolute Gasteiger partial charge is 0.234 e. The molecule has 0 aliphatic heterocycles. The van der Waals surface area contributed by atoms with E-state index >= 15 is 0 Å². The number of carbonyl (C=O) groups excluding carboxylic acids is 1. The molecule has 4 heteroatoms. The first kappa shape index (κ1) is 17.0. The number of hydrogen-bond acceptors (Lipinski definition) is 3. The SMILES string of the molecule is CC(NC(=O)CN(C)CCOc1ccccc1)c1ccccc1. The highest BCUT2D eigenvalue weighted by molar-refractivity contribution is 5.78. The van der Waals surface area contributed by atoms with Crippen molar-refractivity contribution in [2.45, 2.75) is 13.0 Å². The van der Waals surface area contributed by atoms with Gasteiger partial charge in [0.15, 0.2) is 0 Å². The summed E-state index contributed by atoms with van der Waals surface area (Å²) in [5, 5.41) is 3.01. The molecule has 0 aliphatic rings. The van der Waals surface area contributed by atoms with E-state index in [4.69, 9.17) is 4.74 Å². The molecule has 1 amide bonds. The first-order valence-corrected chi connectivity index (χ1v) is 7.86. The molecule has 1 N–H and O–H groups in total. The molecule has 2 rings (SSSR count). The van der Waals surface area contributed by atoms with Crippen LogP contribution < -0.4 is 10.1 Å². The molecule has 0 bridgehead atoms. The Labute approximate surface area is 138 Å². The van der Waals surface area contributed by atoms with Crippen molar-refractivity contribution >= 4 is 5.91 Å². The van der Waals surface area contributed by atoms with Gasteiger partial charge < -0.3 is 10.1 Å². The number of carbonyl (C=O) groups is 1. The topological polar surface area (TPSA) is 41.6 Å². The summed E-state index contributed by atoms with van der Waals surface area (Å²) in [6.07, 6.45) is 0. The summed E-state index contributed by atoms with van der Waals surface area (Å²) in [5.41, 5.74) is 1.11. The zero-order chi connectivity index (χ0) is 16.5. The van der Waals surface area contributed by atoms with Crippen LogP contribution in [-0.4, -0.2) is 37.6 Å². The fourth-order valence-electron chi connectivity index (χ4n) is 2.27. The number of nitrogens with one attached hydrogen (secondary N) is 1. The van der Waals surface area contributed by atoms with E-state index in [1.807, 2.05) is 79.5 Å². The van der Waals surface area contributed by atoms with Gasteiger partial charge in [0.25, 0.3) is 0 Å². The van der Waals surface area contributed by atoms with Crippen molar-refractivity contribution in [3.05, 3.63) is 66.2 Å².